The van der Waals surface area contributed by atoms with E-state index in [9.17, 15) is 9.59 Å². The molecule has 0 heterocycles. The largest absolute Gasteiger partial charge is 0.497 e. The summed E-state index contributed by atoms with van der Waals surface area (Å²) in [6.45, 7) is 0. The molecule has 0 fully saturated rings. The molecule has 0 saturated heterocycles. The number of halogens is 2. The quantitative estimate of drug-likeness (QED) is 0.559. The van der Waals surface area contributed by atoms with E-state index in [-0.39, 0.29) is 31.9 Å². The lowest BCUT2D eigenvalue weighted by Crippen LogP contribution is -2.32. The zero-order chi connectivity index (χ0) is 21.1. The molecule has 0 atom stereocenters. The van der Waals surface area contributed by atoms with Crippen LogP contribution in [-0.2, 0) is 9.59 Å². The molecule has 8 heteroatoms. The smallest absolute Gasteiger partial charge is 0.219 e. The van der Waals surface area contributed by atoms with Crippen molar-refractivity contribution in [1.29, 1.82) is 0 Å². The molecular weight excluding hydrogens is 504 g/mol. The molecule has 1 aliphatic rings. The van der Waals surface area contributed by atoms with Crippen molar-refractivity contribution in [1.82, 2.24) is 0 Å². The third-order valence-corrected chi connectivity index (χ3v) is 5.92. The van der Waals surface area contributed by atoms with E-state index in [0.717, 1.165) is 5.69 Å². The Kier molecular flexibility index (Phi) is 6.44. The summed E-state index contributed by atoms with van der Waals surface area (Å²) in [4.78, 5) is 27.7. The fourth-order valence-corrected chi connectivity index (χ4v) is 3.91. The number of ketones is 2. The number of benzene rings is 2. The lowest BCUT2D eigenvalue weighted by Gasteiger charge is -2.27. The predicted molar refractivity (Wildman–Crippen MR) is 120 cm³/mol. The molecule has 0 amide bonds. The van der Waals surface area contributed by atoms with E-state index < -0.39 is 0 Å². The molecule has 1 aliphatic carbocycles. The van der Waals surface area contributed by atoms with Gasteiger partial charge in [-0.05, 0) is 80.4 Å². The molecule has 1 N–H and O–H groups in total. The molecule has 0 unspecified atom stereocenters. The highest BCUT2D eigenvalue weighted by Crippen LogP contribution is 2.35. The van der Waals surface area contributed by atoms with Crippen molar-refractivity contribution in [2.45, 2.75) is 0 Å². The van der Waals surface area contributed by atoms with Gasteiger partial charge < -0.3 is 19.7 Å². The van der Waals surface area contributed by atoms with Crippen molar-refractivity contribution in [2.24, 2.45) is 0 Å². The first-order chi connectivity index (χ1) is 13.9. The highest BCUT2D eigenvalue weighted by atomic mass is 79.9. The molecule has 0 aliphatic heterocycles. The van der Waals surface area contributed by atoms with Crippen LogP contribution < -0.4 is 19.7 Å². The van der Waals surface area contributed by atoms with E-state index >= 15 is 0 Å². The summed E-state index contributed by atoms with van der Waals surface area (Å²) in [6, 6.07) is 14.3. The number of hydrogen-bond donors (Lipinski definition) is 1. The maximum Gasteiger partial charge on any atom is 0.219 e. The number of methoxy groups -OCH3 is 2. The van der Waals surface area contributed by atoms with Gasteiger partial charge in [-0.15, -0.1) is 0 Å². The second kappa shape index (κ2) is 8.84. The van der Waals surface area contributed by atoms with Crippen molar-refractivity contribution < 1.29 is 19.1 Å². The van der Waals surface area contributed by atoms with Crippen LogP contribution in [0, 0.1) is 0 Å². The topological polar surface area (TPSA) is 67.9 Å². The van der Waals surface area contributed by atoms with Gasteiger partial charge in [0.15, 0.2) is 0 Å². The molecule has 0 radical (unpaired) electrons. The van der Waals surface area contributed by atoms with E-state index in [1.165, 1.54) is 0 Å². The fourth-order valence-electron chi connectivity index (χ4n) is 2.80. The Morgan fingerprint density at radius 3 is 1.83 bits per heavy atom. The summed E-state index contributed by atoms with van der Waals surface area (Å²) in [5, 5.41) is 3.01. The summed E-state index contributed by atoms with van der Waals surface area (Å²) in [5.41, 5.74) is 1.81. The first-order valence-corrected chi connectivity index (χ1v) is 10.1. The molecule has 0 spiro atoms. The Morgan fingerprint density at radius 2 is 1.31 bits per heavy atom. The Hall–Kier alpha value is -2.58. The van der Waals surface area contributed by atoms with E-state index in [1.54, 1.807) is 62.6 Å². The van der Waals surface area contributed by atoms with Gasteiger partial charge in [-0.2, -0.15) is 0 Å². The normalized spacial score (nSPS) is 14.2. The molecule has 29 heavy (non-hydrogen) atoms. The van der Waals surface area contributed by atoms with Gasteiger partial charge >= 0.3 is 0 Å². The third kappa shape index (κ3) is 4.23. The van der Waals surface area contributed by atoms with Gasteiger partial charge in [-0.1, -0.05) is 0 Å². The highest BCUT2D eigenvalue weighted by molar-refractivity contribution is 9.12. The number of anilines is 2. The number of nitrogens with zero attached hydrogens (tertiary/aromatic N) is 1. The average molecular weight is 522 g/mol. The molecule has 2 aromatic rings. The van der Waals surface area contributed by atoms with Gasteiger partial charge in [0.1, 0.15) is 22.9 Å². The van der Waals surface area contributed by atoms with Crippen molar-refractivity contribution in [2.75, 3.05) is 31.5 Å². The molecule has 6 nitrogen and oxygen atoms in total. The average Bonchev–Trinajstić information content (AvgIpc) is 2.76. The van der Waals surface area contributed by atoms with E-state index in [0.29, 0.717) is 17.2 Å². The van der Waals surface area contributed by atoms with E-state index in [1.807, 2.05) is 12.1 Å². The number of nitrogens with one attached hydrogen (secondary N) is 1. The van der Waals surface area contributed by atoms with E-state index in [4.69, 9.17) is 9.47 Å². The van der Waals surface area contributed by atoms with Crippen LogP contribution in [-0.4, -0.2) is 32.8 Å². The Balaban J connectivity index is 1.90. The Labute approximate surface area is 185 Å². The first-order valence-electron chi connectivity index (χ1n) is 8.55. The van der Waals surface area contributed by atoms with Crippen LogP contribution in [0.2, 0.25) is 0 Å². The third-order valence-electron chi connectivity index (χ3n) is 4.42. The monoisotopic (exact) mass is 520 g/mol. The number of allylic oxidation sites excluding steroid dienone is 2. The minimum Gasteiger partial charge on any atom is -0.497 e. The molecule has 3 rings (SSSR count). The van der Waals surface area contributed by atoms with Gasteiger partial charge in [-0.3, -0.25) is 9.59 Å². The number of carbonyl (C=O) groups is 2. The van der Waals surface area contributed by atoms with Crippen LogP contribution in [0.1, 0.15) is 0 Å². The summed E-state index contributed by atoms with van der Waals surface area (Å²) >= 11 is 6.62. The van der Waals surface area contributed by atoms with Crippen molar-refractivity contribution in [3.8, 4) is 11.5 Å². The van der Waals surface area contributed by atoms with Gasteiger partial charge in [0.05, 0.1) is 23.2 Å². The number of likely N-dealkylation sites (N-methyl/N-ethyl adjacent to an activating group) is 1. The van der Waals surface area contributed by atoms with Gasteiger partial charge in [0.2, 0.25) is 11.6 Å². The fraction of sp³-hybridized carbons (Fsp3) is 0.143. The number of hydrogen-bond acceptors (Lipinski definition) is 6. The maximum absolute atomic E-state index is 13.0. The van der Waals surface area contributed by atoms with Crippen LogP contribution in [0.3, 0.4) is 0 Å². The maximum atomic E-state index is 13.0. The molecule has 0 bridgehead atoms. The highest BCUT2D eigenvalue weighted by Gasteiger charge is 2.35. The predicted octanol–water partition coefficient (Wildman–Crippen LogP) is 4.62. The minimum atomic E-state index is -0.331. The van der Waals surface area contributed by atoms with Crippen LogP contribution in [0.15, 0.2) is 68.9 Å². The summed E-state index contributed by atoms with van der Waals surface area (Å²) in [7, 11) is 4.89. The zero-order valence-corrected chi connectivity index (χ0v) is 19.1. The van der Waals surface area contributed by atoms with Crippen molar-refractivity contribution >= 4 is 54.8 Å². The first kappa shape index (κ1) is 21.1. The van der Waals surface area contributed by atoms with Gasteiger partial charge in [0.25, 0.3) is 0 Å². The van der Waals surface area contributed by atoms with E-state index in [2.05, 4.69) is 37.2 Å². The molecule has 2 aromatic carbocycles. The van der Waals surface area contributed by atoms with Crippen molar-refractivity contribution in [3.05, 3.63) is 68.9 Å². The number of Topliss-reactive ketones (excluding diaryl/α,β-unsaturated/α-hetero) is 2. The van der Waals surface area contributed by atoms with Crippen LogP contribution in [0.25, 0.3) is 0 Å². The second-order valence-corrected chi connectivity index (χ2v) is 7.71. The number of rotatable bonds is 6. The Morgan fingerprint density at radius 1 is 0.793 bits per heavy atom. The summed E-state index contributed by atoms with van der Waals surface area (Å²) in [5.74, 6) is 0.751. The minimum absolute atomic E-state index is 0.164. The number of ether oxygens (including phenoxy) is 2. The van der Waals surface area contributed by atoms with Crippen LogP contribution in [0.4, 0.5) is 11.4 Å². The van der Waals surface area contributed by atoms with Crippen LogP contribution in [0.5, 0.6) is 11.5 Å². The van der Waals surface area contributed by atoms with Gasteiger partial charge in [0, 0.05) is 18.4 Å². The van der Waals surface area contributed by atoms with Crippen LogP contribution >= 0.6 is 31.9 Å². The Bertz CT molecular complexity index is 1010. The second-order valence-electron chi connectivity index (χ2n) is 6.12. The lowest BCUT2D eigenvalue weighted by atomic mass is 10.0. The molecule has 0 saturated carbocycles. The van der Waals surface area contributed by atoms with Crippen molar-refractivity contribution in [3.63, 3.8) is 0 Å². The molecule has 0 aromatic heterocycles. The number of carbonyl (C=O) groups excluding carboxylic acids is 2. The molecule has 150 valence electrons. The lowest BCUT2D eigenvalue weighted by molar-refractivity contribution is -0.115. The summed E-state index contributed by atoms with van der Waals surface area (Å²) < 4.78 is 10.6. The molecular formula is C21H18Br2N2O4. The standard InChI is InChI=1S/C21H18Br2N2O4/c1-25(13-6-10-15(29-3)11-7-13)19-17(23)20(26)18(16(22)21(19)27)24-12-4-8-14(28-2)9-5-12/h4-11,24H,1-3H3. The zero-order valence-electron chi connectivity index (χ0n) is 16.0. The van der Waals surface area contributed by atoms with Gasteiger partial charge in [-0.25, -0.2) is 0 Å². The SMILES string of the molecule is COc1ccc(NC2=C(Br)C(=O)C(N(C)c3ccc(OC)cc3)=C(Br)C2=O)cc1. The summed E-state index contributed by atoms with van der Waals surface area (Å²) in [6.07, 6.45) is 0.